The van der Waals surface area contributed by atoms with Crippen LogP contribution >= 0.6 is 0 Å². The zero-order chi connectivity index (χ0) is 19.6. The molecule has 0 saturated heterocycles. The predicted molar refractivity (Wildman–Crippen MR) is 106 cm³/mol. The van der Waals surface area contributed by atoms with Gasteiger partial charge in [0.25, 0.3) is 11.8 Å². The van der Waals surface area contributed by atoms with Gasteiger partial charge in [-0.3, -0.25) is 14.5 Å². The molecule has 0 fully saturated rings. The third-order valence-electron chi connectivity index (χ3n) is 4.68. The summed E-state index contributed by atoms with van der Waals surface area (Å²) in [7, 11) is 1.50. The fourth-order valence-corrected chi connectivity index (χ4v) is 2.93. The first-order valence-corrected chi connectivity index (χ1v) is 9.06. The second kappa shape index (κ2) is 7.66. The van der Waals surface area contributed by atoms with Crippen molar-refractivity contribution < 1.29 is 14.3 Å². The molecule has 0 aromatic heterocycles. The van der Waals surface area contributed by atoms with Crippen LogP contribution in [0.5, 0.6) is 5.75 Å². The lowest BCUT2D eigenvalue weighted by Crippen LogP contribution is -2.27. The SMILES string of the molecule is CCCOc1ccc(C2=C(Nc3ccc(C)c(C)c3)C(=O)N(C)C2=O)cc1. The van der Waals surface area contributed by atoms with Gasteiger partial charge < -0.3 is 10.1 Å². The minimum Gasteiger partial charge on any atom is -0.494 e. The van der Waals surface area contributed by atoms with E-state index >= 15 is 0 Å². The number of benzene rings is 2. The number of hydrogen-bond acceptors (Lipinski definition) is 4. The molecule has 1 aliphatic heterocycles. The first kappa shape index (κ1) is 18.7. The van der Waals surface area contributed by atoms with Crippen molar-refractivity contribution >= 4 is 23.1 Å². The van der Waals surface area contributed by atoms with Crippen LogP contribution in [0.2, 0.25) is 0 Å². The Morgan fingerprint density at radius 2 is 1.67 bits per heavy atom. The number of nitrogens with zero attached hydrogens (tertiary/aromatic N) is 1. The van der Waals surface area contributed by atoms with Crippen molar-refractivity contribution in [3.05, 3.63) is 64.9 Å². The third-order valence-corrected chi connectivity index (χ3v) is 4.68. The second-order valence-electron chi connectivity index (χ2n) is 6.72. The third kappa shape index (κ3) is 3.72. The van der Waals surface area contributed by atoms with Gasteiger partial charge >= 0.3 is 0 Å². The van der Waals surface area contributed by atoms with E-state index in [0.29, 0.717) is 23.4 Å². The Balaban J connectivity index is 1.97. The molecule has 0 bridgehead atoms. The smallest absolute Gasteiger partial charge is 0.277 e. The van der Waals surface area contributed by atoms with Gasteiger partial charge in [-0.15, -0.1) is 0 Å². The highest BCUT2D eigenvalue weighted by Gasteiger charge is 2.36. The Morgan fingerprint density at radius 1 is 0.963 bits per heavy atom. The number of amides is 2. The van der Waals surface area contributed by atoms with Crippen molar-refractivity contribution in [3.63, 3.8) is 0 Å². The van der Waals surface area contributed by atoms with Gasteiger partial charge in [-0.25, -0.2) is 0 Å². The minimum absolute atomic E-state index is 0.299. The molecule has 0 saturated carbocycles. The fraction of sp³-hybridized carbons (Fsp3) is 0.273. The molecule has 2 aromatic rings. The van der Waals surface area contributed by atoms with Gasteiger partial charge in [-0.05, 0) is 61.2 Å². The lowest BCUT2D eigenvalue weighted by molar-refractivity contribution is -0.135. The van der Waals surface area contributed by atoms with E-state index in [1.165, 1.54) is 12.6 Å². The van der Waals surface area contributed by atoms with Crippen molar-refractivity contribution in [1.82, 2.24) is 4.90 Å². The molecular weight excluding hydrogens is 340 g/mol. The average Bonchev–Trinajstić information content (AvgIpc) is 2.87. The summed E-state index contributed by atoms with van der Waals surface area (Å²) in [6.45, 7) is 6.73. The number of hydrogen-bond donors (Lipinski definition) is 1. The van der Waals surface area contributed by atoms with E-state index < -0.39 is 0 Å². The highest BCUT2D eigenvalue weighted by atomic mass is 16.5. The number of nitrogens with one attached hydrogen (secondary N) is 1. The van der Waals surface area contributed by atoms with Crippen molar-refractivity contribution in [3.8, 4) is 5.75 Å². The van der Waals surface area contributed by atoms with Gasteiger partial charge in [-0.1, -0.05) is 25.1 Å². The summed E-state index contributed by atoms with van der Waals surface area (Å²) in [5.74, 6) is 0.100. The molecular formula is C22H24N2O3. The molecule has 2 amide bonds. The summed E-state index contributed by atoms with van der Waals surface area (Å²) in [5, 5.41) is 3.15. The average molecular weight is 364 g/mol. The van der Waals surface area contributed by atoms with E-state index in [1.54, 1.807) is 0 Å². The molecule has 27 heavy (non-hydrogen) atoms. The van der Waals surface area contributed by atoms with E-state index in [2.05, 4.69) is 5.32 Å². The number of rotatable bonds is 6. The number of imide groups is 1. The lowest BCUT2D eigenvalue weighted by Gasteiger charge is -2.11. The summed E-state index contributed by atoms with van der Waals surface area (Å²) in [6.07, 6.45) is 0.925. The molecule has 1 aliphatic rings. The molecule has 0 radical (unpaired) electrons. The van der Waals surface area contributed by atoms with Gasteiger partial charge in [0.05, 0.1) is 12.2 Å². The zero-order valence-corrected chi connectivity index (χ0v) is 16.1. The Kier molecular flexibility index (Phi) is 5.31. The quantitative estimate of drug-likeness (QED) is 0.790. The Morgan fingerprint density at radius 3 is 2.30 bits per heavy atom. The van der Waals surface area contributed by atoms with Gasteiger partial charge in [0.2, 0.25) is 0 Å². The molecule has 140 valence electrons. The van der Waals surface area contributed by atoms with Crippen LogP contribution in [-0.2, 0) is 9.59 Å². The first-order valence-electron chi connectivity index (χ1n) is 9.06. The summed E-state index contributed by atoms with van der Waals surface area (Å²) in [6, 6.07) is 13.1. The topological polar surface area (TPSA) is 58.6 Å². The molecule has 0 unspecified atom stereocenters. The monoisotopic (exact) mass is 364 g/mol. The fourth-order valence-electron chi connectivity index (χ4n) is 2.93. The van der Waals surface area contributed by atoms with Crippen LogP contribution in [0.25, 0.3) is 5.57 Å². The van der Waals surface area contributed by atoms with E-state index in [1.807, 2.05) is 63.2 Å². The van der Waals surface area contributed by atoms with Crippen molar-refractivity contribution in [2.75, 3.05) is 19.0 Å². The summed E-state index contributed by atoms with van der Waals surface area (Å²) in [4.78, 5) is 26.4. The van der Waals surface area contributed by atoms with E-state index in [0.717, 1.165) is 28.3 Å². The van der Waals surface area contributed by atoms with Crippen LogP contribution in [-0.4, -0.2) is 30.4 Å². The summed E-state index contributed by atoms with van der Waals surface area (Å²) >= 11 is 0. The van der Waals surface area contributed by atoms with E-state index in [9.17, 15) is 9.59 Å². The minimum atomic E-state index is -0.334. The Hall–Kier alpha value is -3.08. The van der Waals surface area contributed by atoms with Crippen molar-refractivity contribution in [2.45, 2.75) is 27.2 Å². The molecule has 0 atom stereocenters. The Labute approximate surface area is 159 Å². The summed E-state index contributed by atoms with van der Waals surface area (Å²) in [5.41, 5.74) is 4.43. The normalized spacial score (nSPS) is 14.1. The van der Waals surface area contributed by atoms with E-state index in [-0.39, 0.29) is 11.8 Å². The largest absolute Gasteiger partial charge is 0.494 e. The van der Waals surface area contributed by atoms with E-state index in [4.69, 9.17) is 4.74 Å². The number of anilines is 1. The predicted octanol–water partition coefficient (Wildman–Crippen LogP) is 3.91. The van der Waals surface area contributed by atoms with Gasteiger partial charge in [0, 0.05) is 12.7 Å². The maximum absolute atomic E-state index is 12.7. The van der Waals surface area contributed by atoms with Gasteiger partial charge in [-0.2, -0.15) is 0 Å². The molecule has 5 nitrogen and oxygen atoms in total. The second-order valence-corrected chi connectivity index (χ2v) is 6.72. The first-order chi connectivity index (χ1) is 12.9. The molecule has 5 heteroatoms. The van der Waals surface area contributed by atoms with Crippen LogP contribution < -0.4 is 10.1 Å². The van der Waals surface area contributed by atoms with Gasteiger partial charge in [0.15, 0.2) is 0 Å². The van der Waals surface area contributed by atoms with Crippen LogP contribution in [0.4, 0.5) is 5.69 Å². The number of carbonyl (C=O) groups is 2. The number of aryl methyl sites for hydroxylation is 2. The highest BCUT2D eigenvalue weighted by Crippen LogP contribution is 2.31. The van der Waals surface area contributed by atoms with Crippen LogP contribution in [0.1, 0.15) is 30.0 Å². The zero-order valence-electron chi connectivity index (χ0n) is 16.1. The van der Waals surface area contributed by atoms with Gasteiger partial charge in [0.1, 0.15) is 11.4 Å². The number of likely N-dealkylation sites (N-methyl/N-ethyl adjacent to an activating group) is 1. The maximum atomic E-state index is 12.7. The van der Waals surface area contributed by atoms with Crippen molar-refractivity contribution in [1.29, 1.82) is 0 Å². The van der Waals surface area contributed by atoms with Crippen LogP contribution in [0, 0.1) is 13.8 Å². The molecule has 1 heterocycles. The van der Waals surface area contributed by atoms with Crippen molar-refractivity contribution in [2.24, 2.45) is 0 Å². The lowest BCUT2D eigenvalue weighted by atomic mass is 10.0. The molecule has 1 N–H and O–H groups in total. The van der Waals surface area contributed by atoms with Crippen LogP contribution in [0.15, 0.2) is 48.2 Å². The summed E-state index contributed by atoms with van der Waals surface area (Å²) < 4.78 is 5.59. The number of ether oxygens (including phenoxy) is 1. The number of carbonyl (C=O) groups excluding carboxylic acids is 2. The highest BCUT2D eigenvalue weighted by molar-refractivity contribution is 6.36. The molecule has 0 spiro atoms. The molecule has 2 aromatic carbocycles. The van der Waals surface area contributed by atoms with Crippen LogP contribution in [0.3, 0.4) is 0 Å². The maximum Gasteiger partial charge on any atom is 0.277 e. The standard InChI is InChI=1S/C22H24N2O3/c1-5-12-27-18-10-7-16(8-11-18)19-20(22(26)24(4)21(19)25)23-17-9-6-14(2)15(3)13-17/h6-11,13,23H,5,12H2,1-4H3. The molecule has 3 rings (SSSR count). The molecule has 0 aliphatic carbocycles. The Bertz CT molecular complexity index is 914.